The van der Waals surface area contributed by atoms with Crippen molar-refractivity contribution in [2.75, 3.05) is 0 Å². The van der Waals surface area contributed by atoms with Gasteiger partial charge in [-0.15, -0.1) is 10.2 Å². The lowest BCUT2D eigenvalue weighted by molar-refractivity contribution is 0.467. The van der Waals surface area contributed by atoms with Gasteiger partial charge in [0.05, 0.1) is 11.1 Å². The predicted octanol–water partition coefficient (Wildman–Crippen LogP) is 4.78. The van der Waals surface area contributed by atoms with Gasteiger partial charge in [-0.25, -0.2) is 4.68 Å². The highest BCUT2D eigenvalue weighted by Gasteiger charge is 2.15. The van der Waals surface area contributed by atoms with Crippen molar-refractivity contribution in [1.82, 2.24) is 20.0 Å². The van der Waals surface area contributed by atoms with E-state index in [1.807, 2.05) is 60.7 Å². The molecule has 0 saturated heterocycles. The summed E-state index contributed by atoms with van der Waals surface area (Å²) in [6.45, 7) is 4.24. The van der Waals surface area contributed by atoms with Gasteiger partial charge < -0.3 is 4.42 Å². The molecule has 0 unspecified atom stereocenters. The molecule has 5 rings (SSSR count). The lowest BCUT2D eigenvalue weighted by Crippen LogP contribution is -2.24. The molecule has 6 nitrogen and oxygen atoms in total. The van der Waals surface area contributed by atoms with E-state index >= 15 is 0 Å². The zero-order chi connectivity index (χ0) is 21.4. The smallest absolute Gasteiger partial charge is 0.275 e. The molecule has 0 bridgehead atoms. The highest BCUT2D eigenvalue weighted by molar-refractivity contribution is 5.93. The van der Waals surface area contributed by atoms with Gasteiger partial charge in [-0.3, -0.25) is 4.79 Å². The van der Waals surface area contributed by atoms with Crippen molar-refractivity contribution in [3.05, 3.63) is 100 Å². The van der Waals surface area contributed by atoms with E-state index in [0.29, 0.717) is 17.2 Å². The largest absolute Gasteiger partial charge is 0.419 e. The van der Waals surface area contributed by atoms with Gasteiger partial charge in [0.25, 0.3) is 5.56 Å². The highest BCUT2D eigenvalue weighted by Crippen LogP contribution is 2.26. The molecule has 0 radical (unpaired) electrons. The Labute approximate surface area is 178 Å². The van der Waals surface area contributed by atoms with Crippen LogP contribution in [-0.4, -0.2) is 20.0 Å². The van der Waals surface area contributed by atoms with Gasteiger partial charge in [0.15, 0.2) is 0 Å². The lowest BCUT2D eigenvalue weighted by Gasteiger charge is -2.11. The molecular weight excluding hydrogens is 388 g/mol. The van der Waals surface area contributed by atoms with Gasteiger partial charge in [-0.2, -0.15) is 5.10 Å². The standard InChI is InChI=1S/C25H20N4O2/c1-16-12-13-19(14-17(16)2)23-20-10-6-7-11-21(20)25(30)29(28-23)15-22-26-27-24(31-22)18-8-4-3-5-9-18/h3-14H,15H2,1-2H3. The average Bonchev–Trinajstić information content (AvgIpc) is 3.27. The Morgan fingerprint density at radius 3 is 2.32 bits per heavy atom. The summed E-state index contributed by atoms with van der Waals surface area (Å²) in [4.78, 5) is 13.1. The van der Waals surface area contributed by atoms with Crippen LogP contribution in [0.3, 0.4) is 0 Å². The molecule has 3 aromatic carbocycles. The predicted molar refractivity (Wildman–Crippen MR) is 120 cm³/mol. The first-order valence-corrected chi connectivity index (χ1v) is 10.1. The highest BCUT2D eigenvalue weighted by atomic mass is 16.4. The van der Waals surface area contributed by atoms with E-state index in [2.05, 4.69) is 36.2 Å². The number of nitrogens with zero attached hydrogens (tertiary/aromatic N) is 4. The van der Waals surface area contributed by atoms with Gasteiger partial charge in [0.2, 0.25) is 11.8 Å². The maximum atomic E-state index is 13.1. The zero-order valence-electron chi connectivity index (χ0n) is 17.2. The van der Waals surface area contributed by atoms with Crippen molar-refractivity contribution in [3.63, 3.8) is 0 Å². The van der Waals surface area contributed by atoms with Crippen LogP contribution in [0.15, 0.2) is 82.0 Å². The summed E-state index contributed by atoms with van der Waals surface area (Å²) < 4.78 is 7.20. The fourth-order valence-corrected chi connectivity index (χ4v) is 3.59. The van der Waals surface area contributed by atoms with E-state index in [-0.39, 0.29) is 12.1 Å². The van der Waals surface area contributed by atoms with Gasteiger partial charge in [0, 0.05) is 16.5 Å². The van der Waals surface area contributed by atoms with E-state index in [0.717, 1.165) is 22.2 Å². The molecule has 2 aromatic heterocycles. The molecule has 0 aliphatic rings. The summed E-state index contributed by atoms with van der Waals surface area (Å²) in [6.07, 6.45) is 0. The second-order valence-corrected chi connectivity index (χ2v) is 7.52. The molecule has 0 N–H and O–H groups in total. The maximum Gasteiger partial charge on any atom is 0.275 e. The van der Waals surface area contributed by atoms with Crippen LogP contribution in [0.2, 0.25) is 0 Å². The summed E-state index contributed by atoms with van der Waals surface area (Å²) in [7, 11) is 0. The van der Waals surface area contributed by atoms with Gasteiger partial charge in [-0.05, 0) is 49.2 Å². The molecular formula is C25H20N4O2. The van der Waals surface area contributed by atoms with Crippen molar-refractivity contribution in [2.45, 2.75) is 20.4 Å². The van der Waals surface area contributed by atoms with Crippen LogP contribution < -0.4 is 5.56 Å². The zero-order valence-corrected chi connectivity index (χ0v) is 17.2. The number of aromatic nitrogens is 4. The minimum atomic E-state index is -0.192. The summed E-state index contributed by atoms with van der Waals surface area (Å²) in [5.41, 5.74) is 4.73. The Bertz CT molecular complexity index is 1450. The number of hydrogen-bond donors (Lipinski definition) is 0. The van der Waals surface area contributed by atoms with Crippen LogP contribution >= 0.6 is 0 Å². The molecule has 6 heteroatoms. The first kappa shape index (κ1) is 18.9. The summed E-state index contributed by atoms with van der Waals surface area (Å²) in [5, 5.41) is 14.4. The minimum absolute atomic E-state index is 0.0986. The van der Waals surface area contributed by atoms with Crippen molar-refractivity contribution in [3.8, 4) is 22.7 Å². The second-order valence-electron chi connectivity index (χ2n) is 7.52. The van der Waals surface area contributed by atoms with Crippen LogP contribution in [0, 0.1) is 13.8 Å². The van der Waals surface area contributed by atoms with Crippen molar-refractivity contribution in [2.24, 2.45) is 0 Å². The SMILES string of the molecule is Cc1ccc(-c2nn(Cc3nnc(-c4ccccc4)o3)c(=O)c3ccccc23)cc1C. The number of benzene rings is 3. The Morgan fingerprint density at radius 1 is 0.806 bits per heavy atom. The van der Waals surface area contributed by atoms with Crippen LogP contribution in [0.4, 0.5) is 0 Å². The molecule has 31 heavy (non-hydrogen) atoms. The first-order valence-electron chi connectivity index (χ1n) is 10.1. The van der Waals surface area contributed by atoms with Gasteiger partial charge in [-0.1, -0.05) is 48.5 Å². The van der Waals surface area contributed by atoms with E-state index in [1.165, 1.54) is 15.8 Å². The van der Waals surface area contributed by atoms with E-state index in [4.69, 9.17) is 9.52 Å². The number of rotatable bonds is 4. The van der Waals surface area contributed by atoms with Crippen molar-refractivity contribution < 1.29 is 4.42 Å². The molecule has 0 saturated carbocycles. The Hall–Kier alpha value is -4.06. The Morgan fingerprint density at radius 2 is 1.55 bits per heavy atom. The lowest BCUT2D eigenvalue weighted by atomic mass is 10.0. The van der Waals surface area contributed by atoms with Crippen LogP contribution in [-0.2, 0) is 6.54 Å². The second kappa shape index (κ2) is 7.65. The quantitative estimate of drug-likeness (QED) is 0.428. The molecule has 0 fully saturated rings. The van der Waals surface area contributed by atoms with Crippen molar-refractivity contribution in [1.29, 1.82) is 0 Å². The third-order valence-corrected chi connectivity index (χ3v) is 5.42. The molecule has 0 aliphatic heterocycles. The van der Waals surface area contributed by atoms with Crippen LogP contribution in [0.5, 0.6) is 0 Å². The van der Waals surface area contributed by atoms with Crippen molar-refractivity contribution >= 4 is 10.8 Å². The average molecular weight is 408 g/mol. The van der Waals surface area contributed by atoms with E-state index in [1.54, 1.807) is 0 Å². The molecule has 0 aliphatic carbocycles. The third kappa shape index (κ3) is 3.53. The molecule has 152 valence electrons. The first-order chi connectivity index (χ1) is 15.1. The van der Waals surface area contributed by atoms with Crippen LogP contribution in [0.25, 0.3) is 33.5 Å². The summed E-state index contributed by atoms with van der Waals surface area (Å²) >= 11 is 0. The van der Waals surface area contributed by atoms with Gasteiger partial charge >= 0.3 is 0 Å². The molecule has 0 amide bonds. The summed E-state index contributed by atoms with van der Waals surface area (Å²) in [5.74, 6) is 0.744. The monoisotopic (exact) mass is 408 g/mol. The third-order valence-electron chi connectivity index (χ3n) is 5.42. The molecule has 2 heterocycles. The molecule has 5 aromatic rings. The van der Waals surface area contributed by atoms with Crippen LogP contribution in [0.1, 0.15) is 17.0 Å². The normalized spacial score (nSPS) is 11.2. The maximum absolute atomic E-state index is 13.1. The number of hydrogen-bond acceptors (Lipinski definition) is 5. The Kier molecular flexibility index (Phi) is 4.67. The van der Waals surface area contributed by atoms with Gasteiger partial charge in [0.1, 0.15) is 6.54 Å². The number of fused-ring (bicyclic) bond motifs is 1. The number of aryl methyl sites for hydroxylation is 2. The Balaban J connectivity index is 1.61. The van der Waals surface area contributed by atoms with E-state index in [9.17, 15) is 4.79 Å². The topological polar surface area (TPSA) is 73.8 Å². The minimum Gasteiger partial charge on any atom is -0.419 e. The molecule has 0 spiro atoms. The summed E-state index contributed by atoms with van der Waals surface area (Å²) in [6, 6.07) is 23.3. The fourth-order valence-electron chi connectivity index (χ4n) is 3.59. The fraction of sp³-hybridized carbons (Fsp3) is 0.120. The molecule has 0 atom stereocenters. The van der Waals surface area contributed by atoms with E-state index < -0.39 is 0 Å².